The van der Waals surface area contributed by atoms with Crippen molar-refractivity contribution in [1.29, 1.82) is 0 Å². The van der Waals surface area contributed by atoms with E-state index in [1.165, 1.54) is 6.08 Å². The SMILES string of the molecule is CC[C@H](C)[C@H](NC(=O)[C@@H](CCCN=C(N)N)NC(=O)C=C(c1ccccc1)c1ccccc1)C(N)=O. The fraction of sp³-hybridized carbons (Fsp3) is 0.333. The Morgan fingerprint density at radius 1 is 0.917 bits per heavy atom. The number of primary amides is 1. The summed E-state index contributed by atoms with van der Waals surface area (Å²) in [6.07, 6.45) is 2.83. The van der Waals surface area contributed by atoms with Gasteiger partial charge in [-0.05, 0) is 35.5 Å². The van der Waals surface area contributed by atoms with E-state index in [0.717, 1.165) is 11.1 Å². The normalized spacial score (nSPS) is 12.9. The molecule has 3 amide bonds. The van der Waals surface area contributed by atoms with Gasteiger partial charge in [0.1, 0.15) is 12.1 Å². The zero-order valence-corrected chi connectivity index (χ0v) is 20.8. The smallest absolute Gasteiger partial charge is 0.245 e. The molecule has 0 fully saturated rings. The molecule has 0 aromatic heterocycles. The first-order chi connectivity index (χ1) is 17.2. The minimum absolute atomic E-state index is 0.0519. The van der Waals surface area contributed by atoms with E-state index in [-0.39, 0.29) is 18.3 Å². The Kier molecular flexibility index (Phi) is 11.2. The number of amides is 3. The molecular weight excluding hydrogens is 456 g/mol. The third kappa shape index (κ3) is 8.90. The minimum atomic E-state index is -0.915. The predicted molar refractivity (Wildman–Crippen MR) is 142 cm³/mol. The number of guanidine groups is 1. The van der Waals surface area contributed by atoms with Gasteiger partial charge in [0.05, 0.1) is 0 Å². The van der Waals surface area contributed by atoms with E-state index in [0.29, 0.717) is 25.0 Å². The molecule has 0 radical (unpaired) electrons. The lowest BCUT2D eigenvalue weighted by molar-refractivity contribution is -0.131. The molecule has 192 valence electrons. The Morgan fingerprint density at radius 2 is 1.47 bits per heavy atom. The molecule has 0 heterocycles. The first kappa shape index (κ1) is 28.1. The van der Waals surface area contributed by atoms with Crippen molar-refractivity contribution in [3.8, 4) is 0 Å². The van der Waals surface area contributed by atoms with Crippen LogP contribution in [0.3, 0.4) is 0 Å². The molecule has 0 aliphatic rings. The zero-order valence-electron chi connectivity index (χ0n) is 20.8. The Balaban J connectivity index is 2.29. The Hall–Kier alpha value is -4.14. The van der Waals surface area contributed by atoms with Crippen LogP contribution >= 0.6 is 0 Å². The van der Waals surface area contributed by atoms with Crippen LogP contribution < -0.4 is 27.8 Å². The van der Waals surface area contributed by atoms with E-state index in [1.807, 2.05) is 74.5 Å². The second kappa shape index (κ2) is 14.3. The lowest BCUT2D eigenvalue weighted by Gasteiger charge is -2.25. The maximum atomic E-state index is 13.1. The molecule has 0 bridgehead atoms. The maximum absolute atomic E-state index is 13.1. The zero-order chi connectivity index (χ0) is 26.5. The summed E-state index contributed by atoms with van der Waals surface area (Å²) in [6.45, 7) is 4.03. The van der Waals surface area contributed by atoms with E-state index in [1.54, 1.807) is 0 Å². The van der Waals surface area contributed by atoms with Gasteiger partial charge in [-0.2, -0.15) is 0 Å². The van der Waals surface area contributed by atoms with Crippen molar-refractivity contribution in [2.24, 2.45) is 28.1 Å². The van der Waals surface area contributed by atoms with Crippen molar-refractivity contribution < 1.29 is 14.4 Å². The number of aliphatic imine (C=N–C) groups is 1. The van der Waals surface area contributed by atoms with E-state index in [4.69, 9.17) is 17.2 Å². The van der Waals surface area contributed by atoms with Crippen molar-refractivity contribution >= 4 is 29.3 Å². The third-order valence-electron chi connectivity index (χ3n) is 5.84. The Bertz CT molecular complexity index is 1020. The number of hydrogen-bond acceptors (Lipinski definition) is 4. The molecule has 0 unspecified atom stereocenters. The van der Waals surface area contributed by atoms with Crippen molar-refractivity contribution in [2.45, 2.75) is 45.2 Å². The summed E-state index contributed by atoms with van der Waals surface area (Å²) in [4.78, 5) is 42.1. The fourth-order valence-electron chi connectivity index (χ4n) is 3.67. The number of carbonyl (C=O) groups excluding carboxylic acids is 3. The van der Waals surface area contributed by atoms with E-state index in [2.05, 4.69) is 15.6 Å². The van der Waals surface area contributed by atoms with Crippen LogP contribution in [-0.2, 0) is 14.4 Å². The summed E-state index contributed by atoms with van der Waals surface area (Å²) < 4.78 is 0. The molecule has 2 rings (SSSR count). The van der Waals surface area contributed by atoms with Crippen molar-refractivity contribution in [2.75, 3.05) is 6.54 Å². The number of carbonyl (C=O) groups is 3. The molecule has 2 aromatic carbocycles. The van der Waals surface area contributed by atoms with Crippen LogP contribution in [0.1, 0.15) is 44.2 Å². The van der Waals surface area contributed by atoms with Crippen LogP contribution in [0.25, 0.3) is 5.57 Å². The van der Waals surface area contributed by atoms with E-state index >= 15 is 0 Å². The van der Waals surface area contributed by atoms with Gasteiger partial charge in [0.2, 0.25) is 17.7 Å². The second-order valence-corrected chi connectivity index (χ2v) is 8.57. The number of rotatable bonds is 13. The molecule has 9 nitrogen and oxygen atoms in total. The molecule has 2 aromatic rings. The van der Waals surface area contributed by atoms with Gasteiger partial charge in [-0.15, -0.1) is 0 Å². The molecule has 0 saturated heterocycles. The highest BCUT2D eigenvalue weighted by molar-refractivity contribution is 6.01. The molecule has 8 N–H and O–H groups in total. The fourth-order valence-corrected chi connectivity index (χ4v) is 3.67. The highest BCUT2D eigenvalue weighted by atomic mass is 16.2. The molecular formula is C27H36N6O3. The summed E-state index contributed by atoms with van der Waals surface area (Å²) in [6, 6.07) is 17.2. The average Bonchev–Trinajstić information content (AvgIpc) is 2.87. The number of benzene rings is 2. The lowest BCUT2D eigenvalue weighted by atomic mass is 9.97. The summed E-state index contributed by atoms with van der Waals surface area (Å²) in [5.74, 6) is -1.78. The average molecular weight is 493 g/mol. The first-order valence-corrected chi connectivity index (χ1v) is 12.0. The molecule has 3 atom stereocenters. The van der Waals surface area contributed by atoms with Crippen LogP contribution in [-0.4, -0.2) is 42.3 Å². The van der Waals surface area contributed by atoms with Crippen molar-refractivity contribution in [3.63, 3.8) is 0 Å². The predicted octanol–water partition coefficient (Wildman–Crippen LogP) is 1.67. The minimum Gasteiger partial charge on any atom is -0.370 e. The molecule has 0 spiro atoms. The van der Waals surface area contributed by atoms with Gasteiger partial charge in [-0.1, -0.05) is 80.9 Å². The quantitative estimate of drug-likeness (QED) is 0.124. The molecule has 36 heavy (non-hydrogen) atoms. The highest BCUT2D eigenvalue weighted by Gasteiger charge is 2.28. The maximum Gasteiger partial charge on any atom is 0.245 e. The third-order valence-corrected chi connectivity index (χ3v) is 5.84. The number of nitrogens with two attached hydrogens (primary N) is 3. The second-order valence-electron chi connectivity index (χ2n) is 8.57. The van der Waals surface area contributed by atoms with Crippen molar-refractivity contribution in [3.05, 3.63) is 77.9 Å². The summed E-state index contributed by atoms with van der Waals surface area (Å²) in [5.41, 5.74) is 18.7. The van der Waals surface area contributed by atoms with Crippen molar-refractivity contribution in [1.82, 2.24) is 10.6 Å². The summed E-state index contributed by atoms with van der Waals surface area (Å²) in [5, 5.41) is 5.49. The number of nitrogens with one attached hydrogen (secondary N) is 2. The van der Waals surface area contributed by atoms with Gasteiger partial charge >= 0.3 is 0 Å². The van der Waals surface area contributed by atoms with Gasteiger partial charge in [0.15, 0.2) is 5.96 Å². The molecule has 0 aliphatic carbocycles. The Morgan fingerprint density at radius 3 is 1.94 bits per heavy atom. The standard InChI is InChI=1S/C27H36N6O3/c1-3-18(2)24(25(28)35)33-26(36)22(15-10-16-31-27(29)30)32-23(34)17-21(19-11-6-4-7-12-19)20-13-8-5-9-14-20/h4-9,11-14,17-18,22,24H,3,10,15-16H2,1-2H3,(H2,28,35)(H,32,34)(H,33,36)(H4,29,30,31)/t18-,22+,24-/m0/s1. The van der Waals surface area contributed by atoms with Gasteiger partial charge in [-0.3, -0.25) is 19.4 Å². The van der Waals surface area contributed by atoms with Crippen LogP contribution in [0, 0.1) is 5.92 Å². The van der Waals surface area contributed by atoms with Gasteiger partial charge in [0.25, 0.3) is 0 Å². The lowest BCUT2D eigenvalue weighted by Crippen LogP contribution is -2.54. The molecule has 0 aliphatic heterocycles. The van der Waals surface area contributed by atoms with Crippen LogP contribution in [0.15, 0.2) is 71.7 Å². The van der Waals surface area contributed by atoms with E-state index < -0.39 is 29.8 Å². The number of nitrogens with zero attached hydrogens (tertiary/aromatic N) is 1. The number of hydrogen-bond donors (Lipinski definition) is 5. The highest BCUT2D eigenvalue weighted by Crippen LogP contribution is 2.23. The topological polar surface area (TPSA) is 166 Å². The van der Waals surface area contributed by atoms with Crippen LogP contribution in [0.4, 0.5) is 0 Å². The van der Waals surface area contributed by atoms with Crippen LogP contribution in [0.2, 0.25) is 0 Å². The van der Waals surface area contributed by atoms with Gasteiger partial charge in [0, 0.05) is 12.6 Å². The summed E-state index contributed by atoms with van der Waals surface area (Å²) >= 11 is 0. The monoisotopic (exact) mass is 492 g/mol. The summed E-state index contributed by atoms with van der Waals surface area (Å²) in [7, 11) is 0. The molecule has 9 heteroatoms. The molecule has 0 saturated carbocycles. The van der Waals surface area contributed by atoms with E-state index in [9.17, 15) is 14.4 Å². The van der Waals surface area contributed by atoms with Crippen LogP contribution in [0.5, 0.6) is 0 Å². The van der Waals surface area contributed by atoms with Gasteiger partial charge in [-0.25, -0.2) is 0 Å². The first-order valence-electron chi connectivity index (χ1n) is 12.0. The van der Waals surface area contributed by atoms with Gasteiger partial charge < -0.3 is 27.8 Å². The largest absolute Gasteiger partial charge is 0.370 e. The Labute approximate surface area is 212 Å².